The molecular weight excluding hydrogens is 1770 g/mol. The van der Waals surface area contributed by atoms with E-state index in [1.54, 1.807) is 54.6 Å². The first kappa shape index (κ1) is 96.6. The number of hydrogen-bond acceptors (Lipinski definition) is 5. The number of allylic oxidation sites excluding steroid dienone is 3. The van der Waals surface area contributed by atoms with Crippen molar-refractivity contribution in [2.24, 2.45) is 5.92 Å². The molecule has 18 aromatic carbocycles. The minimum Gasteiger partial charge on any atom is -0.310 e. The number of fused-ring (bicyclic) bond motifs is 4. The molecule has 0 fully saturated rings. The smallest absolute Gasteiger partial charge is 0.310 e. The second kappa shape index (κ2) is 42.8. The van der Waals surface area contributed by atoms with Crippen molar-refractivity contribution in [1.29, 1.82) is 0 Å². The van der Waals surface area contributed by atoms with Crippen molar-refractivity contribution in [2.45, 2.75) is 97.8 Å². The van der Waals surface area contributed by atoms with Gasteiger partial charge in [0.2, 0.25) is 0 Å². The van der Waals surface area contributed by atoms with Gasteiger partial charge in [-0.25, -0.2) is 0 Å². The standard InChI is InChI=1S/C50H43F3N2.C50H41F3N2.C22H21N.H6P4/c1-4-36-27-31-42(32-28-36)55(48-24-10-16-38-14-6-8-22-46(38)48)44-20-12-18-40(34-44)49(3,50(51,52)53)39-17-11-19-43(33-39)54(41-29-25-35(2)26-30-41)47-23-9-15-37-13-5-7-21-45(37)47;1-4-36-21-29-42(30-22-36)55(48-18-10-14-38-12-6-8-16-46(38)48)44-33-25-40(26-34-44)49(3,50(51,52)53)39-23-31-43(32-24-39)54(41-27-19-35(2)20-28-41)47-17-9-13-37-11-5-7-15-45(37)47;1-4-19-6-5-7-22(16-19)23(20-12-8-17(2)9-13-20)21-14-10-18(3)11-15-21;1-4(2)3/h5-17,19-34,40H,4,18H2,1-3H3;5-34H,4H2,1-3H3;4-16H,1H2,2-3H3;1-3H2. The van der Waals surface area contributed by atoms with E-state index < -0.39 is 29.1 Å². The van der Waals surface area contributed by atoms with Crippen molar-refractivity contribution >= 4 is 163 Å². The Morgan fingerprint density at radius 3 is 0.934 bits per heavy atom. The van der Waals surface area contributed by atoms with E-state index in [-0.39, 0.29) is 30.1 Å². The van der Waals surface area contributed by atoms with Gasteiger partial charge in [-0.15, -0.1) is 26.8 Å². The van der Waals surface area contributed by atoms with E-state index in [2.05, 4.69) is 292 Å². The molecule has 6 unspecified atom stereocenters. The molecule has 0 radical (unpaired) electrons. The molecule has 0 bridgehead atoms. The number of halogens is 6. The Balaban J connectivity index is 0.000000157. The van der Waals surface area contributed by atoms with Crippen molar-refractivity contribution in [1.82, 2.24) is 0 Å². The zero-order valence-electron chi connectivity index (χ0n) is 78.2. The molecule has 0 saturated carbocycles. The van der Waals surface area contributed by atoms with Gasteiger partial charge < -0.3 is 24.5 Å². The van der Waals surface area contributed by atoms with Gasteiger partial charge >= 0.3 is 12.4 Å². The average molecular weight is 1890 g/mol. The maximum Gasteiger partial charge on any atom is 0.402 e. The highest BCUT2D eigenvalue weighted by molar-refractivity contribution is 8.65. The predicted molar refractivity (Wildman–Crippen MR) is 585 cm³/mol. The third-order valence-electron chi connectivity index (χ3n) is 26.1. The van der Waals surface area contributed by atoms with Crippen LogP contribution in [0.3, 0.4) is 0 Å². The summed E-state index contributed by atoms with van der Waals surface area (Å²) >= 11 is 0. The normalized spacial score (nSPS) is 13.3. The largest absolute Gasteiger partial charge is 0.402 e. The number of nitrogens with zero attached hydrogens (tertiary/aromatic N) is 5. The lowest BCUT2D eigenvalue weighted by Crippen LogP contribution is -2.46. The quantitative estimate of drug-likeness (QED) is 0.0495. The van der Waals surface area contributed by atoms with Crippen LogP contribution < -0.4 is 24.5 Å². The molecule has 686 valence electrons. The first-order valence-corrected chi connectivity index (χ1v) is 52.4. The van der Waals surface area contributed by atoms with Crippen LogP contribution in [-0.2, 0) is 23.7 Å². The summed E-state index contributed by atoms with van der Waals surface area (Å²) in [6.45, 7) is 19.2. The summed E-state index contributed by atoms with van der Waals surface area (Å²) in [5.74, 6) is -0.888. The van der Waals surface area contributed by atoms with Crippen LogP contribution >= 0.6 is 33.8 Å². The Morgan fingerprint density at radius 2 is 0.599 bits per heavy atom. The van der Waals surface area contributed by atoms with Gasteiger partial charge in [-0.05, 0) is 274 Å². The molecule has 0 saturated heterocycles. The van der Waals surface area contributed by atoms with E-state index in [0.29, 0.717) is 11.4 Å². The van der Waals surface area contributed by atoms with Crippen LogP contribution in [0.25, 0.3) is 49.2 Å². The van der Waals surface area contributed by atoms with E-state index in [9.17, 15) is 0 Å². The molecule has 5 nitrogen and oxygen atoms in total. The topological polar surface area (TPSA) is 16.2 Å². The highest BCUT2D eigenvalue weighted by Crippen LogP contribution is 2.60. The lowest BCUT2D eigenvalue weighted by Gasteiger charge is -2.41. The molecular formula is C122H111F6N5P4. The van der Waals surface area contributed by atoms with Gasteiger partial charge in [-0.1, -0.05) is 328 Å². The Morgan fingerprint density at radius 1 is 0.314 bits per heavy atom. The molecule has 137 heavy (non-hydrogen) atoms. The Hall–Kier alpha value is -13.5. The molecule has 18 aromatic rings. The lowest BCUT2D eigenvalue weighted by atomic mass is 9.68. The number of aryl methyl sites for hydroxylation is 6. The lowest BCUT2D eigenvalue weighted by molar-refractivity contribution is -0.196. The van der Waals surface area contributed by atoms with Gasteiger partial charge in [0, 0.05) is 90.0 Å². The van der Waals surface area contributed by atoms with E-state index >= 15 is 26.3 Å². The van der Waals surface area contributed by atoms with Gasteiger partial charge in [-0.2, -0.15) is 26.3 Å². The predicted octanol–water partition coefficient (Wildman–Crippen LogP) is 37.4. The van der Waals surface area contributed by atoms with Crippen molar-refractivity contribution in [3.63, 3.8) is 0 Å². The Kier molecular flexibility index (Phi) is 30.2. The second-order valence-corrected chi connectivity index (χ2v) is 46.7. The number of benzene rings is 18. The maximum atomic E-state index is 16.0. The van der Waals surface area contributed by atoms with Crippen LogP contribution in [0.4, 0.5) is 106 Å². The first-order chi connectivity index (χ1) is 66.2. The molecule has 0 aliphatic heterocycles. The summed E-state index contributed by atoms with van der Waals surface area (Å²) < 4.78 is 94.4. The maximum absolute atomic E-state index is 16.0. The van der Waals surface area contributed by atoms with E-state index in [1.807, 2.05) is 190 Å². The summed E-state index contributed by atoms with van der Waals surface area (Å²) in [7, 11) is 7.94. The van der Waals surface area contributed by atoms with Crippen LogP contribution in [-0.4, -0.2) is 12.4 Å². The van der Waals surface area contributed by atoms with Crippen molar-refractivity contribution < 1.29 is 26.3 Å². The van der Waals surface area contributed by atoms with Crippen LogP contribution in [0.1, 0.15) is 89.8 Å². The number of rotatable bonds is 22. The fourth-order valence-corrected chi connectivity index (χ4v) is 18.3. The third kappa shape index (κ3) is 21.4. The molecule has 15 heteroatoms. The van der Waals surface area contributed by atoms with Crippen LogP contribution in [0.15, 0.2) is 443 Å². The molecule has 0 heterocycles. The molecule has 1 aliphatic rings. The summed E-state index contributed by atoms with van der Waals surface area (Å²) in [5, 5.41) is 8.43. The van der Waals surface area contributed by atoms with Gasteiger partial charge in [0.1, 0.15) is 5.41 Å². The van der Waals surface area contributed by atoms with E-state index in [4.69, 9.17) is 0 Å². The summed E-state index contributed by atoms with van der Waals surface area (Å²) in [4.78, 5) is 10.7. The molecule has 0 N–H and O–H groups in total. The third-order valence-corrected chi connectivity index (χ3v) is 26.1. The van der Waals surface area contributed by atoms with Gasteiger partial charge in [0.05, 0.1) is 28.2 Å². The summed E-state index contributed by atoms with van der Waals surface area (Å²) in [6.07, 6.45) is 0.506. The first-order valence-electron chi connectivity index (χ1n) is 46.2. The number of anilines is 14. The fraction of sp³-hybridized carbons (Fsp3) is 0.131. The van der Waals surface area contributed by atoms with Crippen molar-refractivity contribution in [3.8, 4) is 0 Å². The summed E-state index contributed by atoms with van der Waals surface area (Å²) in [5.41, 5.74) is 18.0. The minimum absolute atomic E-state index is 0.130. The van der Waals surface area contributed by atoms with Crippen LogP contribution in [0.5, 0.6) is 0 Å². The molecule has 0 spiro atoms. The SMILES string of the molecule is C=Cc1cccc(N(c2ccc(C)cc2)c2ccc(C)cc2)c1.CCc1ccc(N(C2=CC(C(C)(c3cccc(N(c4ccc(C)cc4)c4cccc5ccccc45)c3)C(F)(F)F)CC=C2)c2cccc3ccccc23)cc1.CCc1ccc(N(c2ccc(C(C)(c3ccc(N(c4ccc(C)cc4)c4cccc5ccccc45)cc3)C(F)(F)F)cc2)c2cccc3ccccc23)cc1.PP(P)P. The Bertz CT molecular complexity index is 7210. The van der Waals surface area contributed by atoms with E-state index in [0.717, 1.165) is 147 Å². The highest BCUT2D eigenvalue weighted by atomic mass is 32.7. The van der Waals surface area contributed by atoms with Crippen molar-refractivity contribution in [3.05, 3.63) is 499 Å². The zero-order chi connectivity index (χ0) is 96.1. The van der Waals surface area contributed by atoms with E-state index in [1.165, 1.54) is 36.1 Å². The summed E-state index contributed by atoms with van der Waals surface area (Å²) in [6, 6.07) is 137. The number of hydrogen-bond donors (Lipinski definition) is 0. The highest BCUT2D eigenvalue weighted by Gasteiger charge is 2.57. The van der Waals surface area contributed by atoms with Gasteiger partial charge in [-0.3, -0.25) is 0 Å². The van der Waals surface area contributed by atoms with Crippen LogP contribution in [0, 0.1) is 33.6 Å². The molecule has 1 aliphatic carbocycles. The average Bonchev–Trinajstić information content (AvgIpc) is 0.744. The fourth-order valence-electron chi connectivity index (χ4n) is 18.3. The molecule has 19 rings (SSSR count). The number of alkyl halides is 6. The van der Waals surface area contributed by atoms with Crippen molar-refractivity contribution in [2.75, 3.05) is 24.5 Å². The van der Waals surface area contributed by atoms with Gasteiger partial charge in [0.25, 0.3) is 0 Å². The monoisotopic (exact) mass is 1880 g/mol. The molecule has 0 amide bonds. The second-order valence-electron chi connectivity index (χ2n) is 35.1. The zero-order valence-corrected chi connectivity index (χ0v) is 82.5. The Labute approximate surface area is 810 Å². The molecule has 6 atom stereocenters. The van der Waals surface area contributed by atoms with Gasteiger partial charge in [0.15, 0.2) is 0 Å². The minimum atomic E-state index is -4.58. The molecule has 0 aromatic heterocycles. The van der Waals surface area contributed by atoms with Crippen LogP contribution in [0.2, 0.25) is 0 Å².